The van der Waals surface area contributed by atoms with Crippen molar-refractivity contribution in [3.8, 4) is 0 Å². The van der Waals surface area contributed by atoms with Crippen LogP contribution in [0.4, 0.5) is 0 Å². The number of likely N-dealkylation sites (N-methyl/N-ethyl adjacent to an activating group) is 1. The van der Waals surface area contributed by atoms with Crippen molar-refractivity contribution in [2.75, 3.05) is 13.6 Å². The molecule has 0 bridgehead atoms. The Kier molecular flexibility index (Phi) is 6.04. The monoisotopic (exact) mass is 353 g/mol. The minimum Gasteiger partial charge on any atom is -0.388 e. The molecule has 1 saturated heterocycles. The zero-order valence-corrected chi connectivity index (χ0v) is 15.4. The van der Waals surface area contributed by atoms with E-state index in [-0.39, 0.29) is 18.0 Å². The lowest BCUT2D eigenvalue weighted by Gasteiger charge is -2.22. The summed E-state index contributed by atoms with van der Waals surface area (Å²) in [5.74, 6) is 0.0485. The van der Waals surface area contributed by atoms with Crippen LogP contribution in [0.3, 0.4) is 0 Å². The van der Waals surface area contributed by atoms with Crippen molar-refractivity contribution in [3.05, 3.63) is 71.3 Å². The molecule has 3 rings (SSSR count). The third kappa shape index (κ3) is 4.49. The van der Waals surface area contributed by atoms with E-state index in [1.54, 1.807) is 11.9 Å². The van der Waals surface area contributed by atoms with Gasteiger partial charge >= 0.3 is 0 Å². The lowest BCUT2D eigenvalue weighted by Crippen LogP contribution is -2.44. The molecule has 3 N–H and O–H groups in total. The van der Waals surface area contributed by atoms with Gasteiger partial charge in [0.2, 0.25) is 5.91 Å². The third-order valence-corrected chi connectivity index (χ3v) is 4.98. The molecule has 1 aliphatic heterocycles. The van der Waals surface area contributed by atoms with E-state index < -0.39 is 6.10 Å². The van der Waals surface area contributed by atoms with Gasteiger partial charge in [-0.15, -0.1) is 0 Å². The van der Waals surface area contributed by atoms with E-state index in [1.165, 1.54) is 11.1 Å². The molecule has 5 heteroatoms. The predicted octanol–water partition coefficient (Wildman–Crippen LogP) is 2.48. The van der Waals surface area contributed by atoms with Crippen molar-refractivity contribution in [1.29, 1.82) is 0 Å². The fourth-order valence-corrected chi connectivity index (χ4v) is 3.27. The Labute approximate surface area is 155 Å². The molecule has 1 heterocycles. The van der Waals surface area contributed by atoms with E-state index in [4.69, 9.17) is 0 Å². The van der Waals surface area contributed by atoms with E-state index >= 15 is 0 Å². The van der Waals surface area contributed by atoms with Crippen molar-refractivity contribution in [1.82, 2.24) is 15.8 Å². The van der Waals surface area contributed by atoms with Crippen molar-refractivity contribution in [2.45, 2.75) is 38.0 Å². The second-order valence-corrected chi connectivity index (χ2v) is 7.02. The Hall–Kier alpha value is -2.21. The number of carbonyl (C=O) groups excluding carboxylic acids is 1. The third-order valence-electron chi connectivity index (χ3n) is 4.98. The number of nitrogens with zero attached hydrogens (tertiary/aromatic N) is 1. The van der Waals surface area contributed by atoms with E-state index in [9.17, 15) is 9.90 Å². The maximum Gasteiger partial charge on any atom is 0.240 e. The fourth-order valence-electron chi connectivity index (χ4n) is 3.27. The summed E-state index contributed by atoms with van der Waals surface area (Å²) in [6.07, 6.45) is 0.683. The van der Waals surface area contributed by atoms with Crippen LogP contribution in [0.2, 0.25) is 0 Å². The molecule has 1 amide bonds. The molecule has 138 valence electrons. The molecule has 3 unspecified atom stereocenters. The van der Waals surface area contributed by atoms with Crippen molar-refractivity contribution < 1.29 is 9.90 Å². The molecular formula is C21H27N3O2. The Balaban J connectivity index is 1.50. The molecule has 1 fully saturated rings. The number of nitrogens with one attached hydrogen (secondary N) is 2. The summed E-state index contributed by atoms with van der Waals surface area (Å²) in [6, 6.07) is 17.8. The normalized spacial score (nSPS) is 20.7. The number of amides is 1. The second kappa shape index (κ2) is 8.45. The number of rotatable bonds is 6. The molecular weight excluding hydrogens is 326 g/mol. The number of benzene rings is 2. The van der Waals surface area contributed by atoms with E-state index in [2.05, 4.69) is 42.0 Å². The maximum atomic E-state index is 12.7. The van der Waals surface area contributed by atoms with E-state index in [0.29, 0.717) is 19.4 Å². The van der Waals surface area contributed by atoms with Crippen molar-refractivity contribution in [3.63, 3.8) is 0 Å². The summed E-state index contributed by atoms with van der Waals surface area (Å²) in [7, 11) is 1.79. The zero-order valence-electron chi connectivity index (χ0n) is 15.4. The fraction of sp³-hybridized carbons (Fsp3) is 0.381. The van der Waals surface area contributed by atoms with Crippen LogP contribution in [0, 0.1) is 6.92 Å². The standard InChI is InChI=1S/C21H27N3O2/c1-15-8-10-16(11-9-15)18-14-19(23-22-18)21(26)24(2)13-12-20(25)17-6-4-3-5-7-17/h3-11,18-20,22-23,25H,12-14H2,1-2H3. The molecule has 0 radical (unpaired) electrons. The van der Waals surface area contributed by atoms with Crippen molar-refractivity contribution >= 4 is 5.91 Å². The SMILES string of the molecule is Cc1ccc(C2CC(C(=O)N(C)CCC(O)c3ccccc3)NN2)cc1. The second-order valence-electron chi connectivity index (χ2n) is 7.02. The van der Waals surface area contributed by atoms with Crippen LogP contribution in [0.5, 0.6) is 0 Å². The van der Waals surface area contributed by atoms with Crippen LogP contribution >= 0.6 is 0 Å². The highest BCUT2D eigenvalue weighted by Crippen LogP contribution is 2.23. The van der Waals surface area contributed by atoms with Crippen LogP contribution < -0.4 is 10.9 Å². The molecule has 5 nitrogen and oxygen atoms in total. The summed E-state index contributed by atoms with van der Waals surface area (Å²) in [4.78, 5) is 14.4. The Morgan fingerprint density at radius 2 is 1.85 bits per heavy atom. The first-order valence-corrected chi connectivity index (χ1v) is 9.10. The lowest BCUT2D eigenvalue weighted by atomic mass is 10.0. The Morgan fingerprint density at radius 1 is 1.15 bits per heavy atom. The van der Waals surface area contributed by atoms with Gasteiger partial charge in [-0.1, -0.05) is 60.2 Å². The predicted molar refractivity (Wildman–Crippen MR) is 102 cm³/mol. The molecule has 26 heavy (non-hydrogen) atoms. The number of aliphatic hydroxyl groups is 1. The summed E-state index contributed by atoms with van der Waals surface area (Å²) in [5, 5.41) is 10.3. The quantitative estimate of drug-likeness (QED) is 0.747. The van der Waals surface area contributed by atoms with Crippen molar-refractivity contribution in [2.24, 2.45) is 0 Å². The minimum atomic E-state index is -0.554. The molecule has 1 aliphatic rings. The van der Waals surface area contributed by atoms with Gasteiger partial charge in [0.25, 0.3) is 0 Å². The maximum absolute atomic E-state index is 12.7. The topological polar surface area (TPSA) is 64.6 Å². The van der Waals surface area contributed by atoms with Gasteiger partial charge < -0.3 is 10.0 Å². The van der Waals surface area contributed by atoms with Gasteiger partial charge in [0.1, 0.15) is 6.04 Å². The zero-order chi connectivity index (χ0) is 18.5. The molecule has 0 aliphatic carbocycles. The molecule has 0 aromatic heterocycles. The number of hydrogen-bond acceptors (Lipinski definition) is 4. The average molecular weight is 353 g/mol. The molecule has 3 atom stereocenters. The van der Waals surface area contributed by atoms with Crippen LogP contribution in [-0.2, 0) is 4.79 Å². The highest BCUT2D eigenvalue weighted by Gasteiger charge is 2.31. The van der Waals surface area contributed by atoms with Crippen LogP contribution in [0.1, 0.15) is 41.7 Å². The molecule has 2 aromatic carbocycles. The van der Waals surface area contributed by atoms with Crippen LogP contribution in [-0.4, -0.2) is 35.5 Å². The molecule has 0 spiro atoms. The van der Waals surface area contributed by atoms with Gasteiger partial charge in [0, 0.05) is 19.6 Å². The summed E-state index contributed by atoms with van der Waals surface area (Å²) < 4.78 is 0. The van der Waals surface area contributed by atoms with Gasteiger partial charge in [-0.05, 0) is 30.9 Å². The van der Waals surface area contributed by atoms with Crippen LogP contribution in [0.25, 0.3) is 0 Å². The minimum absolute atomic E-state index is 0.0485. The first-order valence-electron chi connectivity index (χ1n) is 9.10. The van der Waals surface area contributed by atoms with Crippen LogP contribution in [0.15, 0.2) is 54.6 Å². The number of aliphatic hydroxyl groups excluding tert-OH is 1. The summed E-state index contributed by atoms with van der Waals surface area (Å²) in [5.41, 5.74) is 9.63. The highest BCUT2D eigenvalue weighted by molar-refractivity contribution is 5.82. The Bertz CT molecular complexity index is 718. The van der Waals surface area contributed by atoms with Gasteiger partial charge in [-0.25, -0.2) is 10.9 Å². The lowest BCUT2D eigenvalue weighted by molar-refractivity contribution is -0.132. The molecule has 0 saturated carbocycles. The number of aryl methyl sites for hydroxylation is 1. The van der Waals surface area contributed by atoms with E-state index in [1.807, 2.05) is 30.3 Å². The first-order chi connectivity index (χ1) is 12.5. The van der Waals surface area contributed by atoms with E-state index in [0.717, 1.165) is 5.56 Å². The molecule has 2 aromatic rings. The number of hydrogen-bond donors (Lipinski definition) is 3. The largest absolute Gasteiger partial charge is 0.388 e. The van der Waals surface area contributed by atoms with Gasteiger partial charge in [0.15, 0.2) is 0 Å². The highest BCUT2D eigenvalue weighted by atomic mass is 16.3. The first kappa shape index (κ1) is 18.6. The van der Waals surface area contributed by atoms with Gasteiger partial charge in [-0.3, -0.25) is 4.79 Å². The number of hydrazine groups is 1. The smallest absolute Gasteiger partial charge is 0.240 e. The number of carbonyl (C=O) groups is 1. The van der Waals surface area contributed by atoms with Gasteiger partial charge in [-0.2, -0.15) is 0 Å². The average Bonchev–Trinajstić information content (AvgIpc) is 3.16. The summed E-state index contributed by atoms with van der Waals surface area (Å²) in [6.45, 7) is 2.58. The Morgan fingerprint density at radius 3 is 2.54 bits per heavy atom. The van der Waals surface area contributed by atoms with Gasteiger partial charge in [0.05, 0.1) is 6.10 Å². The summed E-state index contributed by atoms with van der Waals surface area (Å²) >= 11 is 0.